The fourth-order valence-electron chi connectivity index (χ4n) is 1.87. The van der Waals surface area contributed by atoms with Gasteiger partial charge in [-0.2, -0.15) is 0 Å². The Kier molecular flexibility index (Phi) is 3.56. The zero-order valence-electron chi connectivity index (χ0n) is 9.81. The first-order chi connectivity index (χ1) is 7.79. The van der Waals surface area contributed by atoms with Gasteiger partial charge < -0.3 is 15.0 Å². The van der Waals surface area contributed by atoms with E-state index in [0.29, 0.717) is 18.5 Å². The van der Waals surface area contributed by atoms with Crippen molar-refractivity contribution in [3.8, 4) is 5.88 Å². The van der Waals surface area contributed by atoms with Crippen LogP contribution in [0.5, 0.6) is 5.88 Å². The summed E-state index contributed by atoms with van der Waals surface area (Å²) in [5.74, 6) is 1.60. The molecule has 1 atom stereocenters. The molecule has 0 bridgehead atoms. The largest absolute Gasteiger partial charge is 0.478 e. The standard InChI is InChI=1S/C11H18N4O/c1-3-16-11-6-10(13-8-14-11)15-5-4-12-9(2)7-15/h6,8-9,12H,3-5,7H2,1-2H3/t9-/m1/s1. The highest BCUT2D eigenvalue weighted by atomic mass is 16.5. The Morgan fingerprint density at radius 3 is 3.19 bits per heavy atom. The lowest BCUT2D eigenvalue weighted by molar-refractivity contribution is 0.326. The zero-order chi connectivity index (χ0) is 11.4. The van der Waals surface area contributed by atoms with E-state index in [4.69, 9.17) is 4.74 Å². The van der Waals surface area contributed by atoms with Crippen molar-refractivity contribution < 1.29 is 4.74 Å². The number of ether oxygens (including phenoxy) is 1. The monoisotopic (exact) mass is 222 g/mol. The maximum atomic E-state index is 5.37. The van der Waals surface area contributed by atoms with Crippen molar-refractivity contribution in [3.63, 3.8) is 0 Å². The van der Waals surface area contributed by atoms with Crippen LogP contribution in [0.3, 0.4) is 0 Å². The SMILES string of the molecule is CCOc1cc(N2CCN[C@H](C)C2)ncn1. The van der Waals surface area contributed by atoms with Gasteiger partial charge >= 0.3 is 0 Å². The number of aromatic nitrogens is 2. The van der Waals surface area contributed by atoms with Gasteiger partial charge in [-0.25, -0.2) is 9.97 Å². The zero-order valence-corrected chi connectivity index (χ0v) is 9.81. The normalized spacial score (nSPS) is 20.9. The van der Waals surface area contributed by atoms with Gasteiger partial charge in [0.2, 0.25) is 5.88 Å². The summed E-state index contributed by atoms with van der Waals surface area (Å²) in [6.45, 7) is 7.71. The molecule has 0 amide bonds. The van der Waals surface area contributed by atoms with Crippen LogP contribution in [0.4, 0.5) is 5.82 Å². The van der Waals surface area contributed by atoms with Gasteiger partial charge in [-0.05, 0) is 13.8 Å². The predicted octanol–water partition coefficient (Wildman–Crippen LogP) is 0.673. The predicted molar refractivity (Wildman–Crippen MR) is 62.9 cm³/mol. The van der Waals surface area contributed by atoms with Crippen molar-refractivity contribution in [1.82, 2.24) is 15.3 Å². The molecule has 0 unspecified atom stereocenters. The van der Waals surface area contributed by atoms with E-state index >= 15 is 0 Å². The molecule has 16 heavy (non-hydrogen) atoms. The third kappa shape index (κ3) is 2.61. The van der Waals surface area contributed by atoms with Crippen molar-refractivity contribution in [1.29, 1.82) is 0 Å². The molecule has 1 fully saturated rings. The maximum absolute atomic E-state index is 5.37. The van der Waals surface area contributed by atoms with E-state index in [1.165, 1.54) is 0 Å². The molecule has 5 heteroatoms. The lowest BCUT2D eigenvalue weighted by Gasteiger charge is -2.32. The van der Waals surface area contributed by atoms with E-state index in [0.717, 1.165) is 25.5 Å². The molecule has 0 aromatic carbocycles. The van der Waals surface area contributed by atoms with Crippen LogP contribution in [-0.2, 0) is 0 Å². The Morgan fingerprint density at radius 2 is 2.44 bits per heavy atom. The number of hydrogen-bond acceptors (Lipinski definition) is 5. The van der Waals surface area contributed by atoms with Gasteiger partial charge in [0.15, 0.2) is 0 Å². The molecule has 88 valence electrons. The molecule has 0 radical (unpaired) electrons. The minimum atomic E-state index is 0.499. The average molecular weight is 222 g/mol. The molecule has 5 nitrogen and oxygen atoms in total. The highest BCUT2D eigenvalue weighted by Crippen LogP contribution is 2.16. The molecule has 1 aromatic heterocycles. The molecule has 1 aliphatic heterocycles. The van der Waals surface area contributed by atoms with Gasteiger partial charge in [-0.3, -0.25) is 0 Å². The van der Waals surface area contributed by atoms with Crippen LogP contribution in [0, 0.1) is 0 Å². The fourth-order valence-corrected chi connectivity index (χ4v) is 1.87. The Bertz CT molecular complexity index is 345. The van der Waals surface area contributed by atoms with Crippen LogP contribution in [0.1, 0.15) is 13.8 Å². The van der Waals surface area contributed by atoms with Gasteiger partial charge in [0.05, 0.1) is 6.61 Å². The number of hydrogen-bond donors (Lipinski definition) is 1. The van der Waals surface area contributed by atoms with E-state index in [2.05, 4.69) is 27.1 Å². The maximum Gasteiger partial charge on any atom is 0.218 e. The van der Waals surface area contributed by atoms with Crippen LogP contribution < -0.4 is 15.0 Å². The van der Waals surface area contributed by atoms with Crippen molar-refractivity contribution in [2.45, 2.75) is 19.9 Å². The highest BCUT2D eigenvalue weighted by molar-refractivity contribution is 5.41. The van der Waals surface area contributed by atoms with E-state index < -0.39 is 0 Å². The van der Waals surface area contributed by atoms with Crippen LogP contribution in [0.2, 0.25) is 0 Å². The number of nitrogens with one attached hydrogen (secondary N) is 1. The first kappa shape index (κ1) is 11.1. The molecular formula is C11H18N4O. The Balaban J connectivity index is 2.09. The minimum absolute atomic E-state index is 0.499. The van der Waals surface area contributed by atoms with E-state index in [1.54, 1.807) is 6.33 Å². The number of anilines is 1. The van der Waals surface area contributed by atoms with Gasteiger partial charge in [0.1, 0.15) is 12.1 Å². The quantitative estimate of drug-likeness (QED) is 0.814. The van der Waals surface area contributed by atoms with Crippen molar-refractivity contribution in [3.05, 3.63) is 12.4 Å². The first-order valence-corrected chi connectivity index (χ1v) is 5.72. The second-order valence-corrected chi connectivity index (χ2v) is 3.95. The molecule has 1 saturated heterocycles. The summed E-state index contributed by atoms with van der Waals surface area (Å²) in [5, 5.41) is 3.41. The smallest absolute Gasteiger partial charge is 0.218 e. The average Bonchev–Trinajstić information content (AvgIpc) is 2.30. The summed E-state index contributed by atoms with van der Waals surface area (Å²) < 4.78 is 5.37. The van der Waals surface area contributed by atoms with E-state index in [9.17, 15) is 0 Å². The van der Waals surface area contributed by atoms with Crippen molar-refractivity contribution in [2.75, 3.05) is 31.1 Å². The number of piperazine rings is 1. The molecule has 2 heterocycles. The van der Waals surface area contributed by atoms with E-state index in [1.807, 2.05) is 13.0 Å². The van der Waals surface area contributed by atoms with Crippen molar-refractivity contribution >= 4 is 5.82 Å². The summed E-state index contributed by atoms with van der Waals surface area (Å²) in [6.07, 6.45) is 1.56. The summed E-state index contributed by atoms with van der Waals surface area (Å²) in [5.41, 5.74) is 0. The summed E-state index contributed by atoms with van der Waals surface area (Å²) in [7, 11) is 0. The summed E-state index contributed by atoms with van der Waals surface area (Å²) in [4.78, 5) is 10.6. The fraction of sp³-hybridized carbons (Fsp3) is 0.636. The Morgan fingerprint density at radius 1 is 1.56 bits per heavy atom. The van der Waals surface area contributed by atoms with Gasteiger partial charge in [0, 0.05) is 31.7 Å². The molecule has 0 saturated carbocycles. The van der Waals surface area contributed by atoms with Crippen LogP contribution in [0.15, 0.2) is 12.4 Å². The molecule has 1 N–H and O–H groups in total. The third-order valence-corrected chi connectivity index (χ3v) is 2.61. The topological polar surface area (TPSA) is 50.3 Å². The number of nitrogens with zero attached hydrogens (tertiary/aromatic N) is 3. The minimum Gasteiger partial charge on any atom is -0.478 e. The van der Waals surface area contributed by atoms with Gasteiger partial charge in [-0.15, -0.1) is 0 Å². The lowest BCUT2D eigenvalue weighted by atomic mass is 10.2. The highest BCUT2D eigenvalue weighted by Gasteiger charge is 2.17. The van der Waals surface area contributed by atoms with Gasteiger partial charge in [0.25, 0.3) is 0 Å². The third-order valence-electron chi connectivity index (χ3n) is 2.61. The molecule has 0 aliphatic carbocycles. The van der Waals surface area contributed by atoms with Crippen LogP contribution >= 0.6 is 0 Å². The molecule has 1 aromatic rings. The second-order valence-electron chi connectivity index (χ2n) is 3.95. The first-order valence-electron chi connectivity index (χ1n) is 5.72. The molecule has 1 aliphatic rings. The Hall–Kier alpha value is -1.36. The number of rotatable bonds is 3. The molecule has 2 rings (SSSR count). The summed E-state index contributed by atoms with van der Waals surface area (Å²) in [6, 6.07) is 2.40. The lowest BCUT2D eigenvalue weighted by Crippen LogP contribution is -2.49. The molecule has 0 spiro atoms. The van der Waals surface area contributed by atoms with Crippen LogP contribution in [-0.4, -0.2) is 42.3 Å². The van der Waals surface area contributed by atoms with Crippen LogP contribution in [0.25, 0.3) is 0 Å². The Labute approximate surface area is 95.8 Å². The summed E-state index contributed by atoms with van der Waals surface area (Å²) >= 11 is 0. The van der Waals surface area contributed by atoms with Crippen molar-refractivity contribution in [2.24, 2.45) is 0 Å². The molecular weight excluding hydrogens is 204 g/mol. The van der Waals surface area contributed by atoms with E-state index in [-0.39, 0.29) is 0 Å². The second kappa shape index (κ2) is 5.12. The van der Waals surface area contributed by atoms with Gasteiger partial charge in [-0.1, -0.05) is 0 Å².